The van der Waals surface area contributed by atoms with Crippen molar-refractivity contribution in [2.24, 2.45) is 5.41 Å². The van der Waals surface area contributed by atoms with Crippen molar-refractivity contribution in [1.29, 1.82) is 0 Å². The molecule has 0 N–H and O–H groups in total. The second kappa shape index (κ2) is 11.8. The normalized spacial score (nSPS) is 20.1. The molecule has 40 heavy (non-hydrogen) atoms. The van der Waals surface area contributed by atoms with E-state index in [2.05, 4.69) is 4.74 Å². The van der Waals surface area contributed by atoms with Crippen LogP contribution in [0, 0.1) is 12.3 Å². The molecule has 0 aliphatic carbocycles. The van der Waals surface area contributed by atoms with Crippen LogP contribution in [0.4, 0.5) is 5.69 Å². The number of anilines is 1. The molecular formula is C30H37NO9. The summed E-state index contributed by atoms with van der Waals surface area (Å²) in [6.07, 6.45) is -2.42. The molecule has 10 nitrogen and oxygen atoms in total. The number of aryl methyl sites for hydroxylation is 1. The van der Waals surface area contributed by atoms with Crippen LogP contribution in [-0.4, -0.2) is 64.5 Å². The lowest BCUT2D eigenvalue weighted by Crippen LogP contribution is -2.56. The number of hydrogen-bond acceptors (Lipinski definition) is 9. The molecule has 0 fully saturated rings. The average Bonchev–Trinajstić information content (AvgIpc) is 3.03. The van der Waals surface area contributed by atoms with Gasteiger partial charge in [-0.1, -0.05) is 39.0 Å². The first-order valence-electron chi connectivity index (χ1n) is 13.2. The molecule has 2 aromatic rings. The van der Waals surface area contributed by atoms with E-state index in [-0.39, 0.29) is 43.4 Å². The number of amides is 1. The van der Waals surface area contributed by atoms with Gasteiger partial charge in [0.25, 0.3) is 5.91 Å². The number of ether oxygens (including phenoxy) is 6. The van der Waals surface area contributed by atoms with Gasteiger partial charge in [-0.05, 0) is 30.0 Å². The molecule has 0 saturated heterocycles. The third-order valence-electron chi connectivity index (χ3n) is 7.16. The number of hydrogen-bond donors (Lipinski definition) is 0. The third-order valence-corrected chi connectivity index (χ3v) is 7.16. The van der Waals surface area contributed by atoms with Crippen LogP contribution in [0.15, 0.2) is 30.3 Å². The lowest BCUT2D eigenvalue weighted by molar-refractivity contribution is -0.154. The highest BCUT2D eigenvalue weighted by molar-refractivity contribution is 6.02. The van der Waals surface area contributed by atoms with Gasteiger partial charge in [-0.25, -0.2) is 0 Å². The molecule has 2 aliphatic rings. The molecule has 0 bridgehead atoms. The summed E-state index contributed by atoms with van der Waals surface area (Å²) >= 11 is 0. The van der Waals surface area contributed by atoms with E-state index in [9.17, 15) is 14.4 Å². The van der Waals surface area contributed by atoms with E-state index < -0.39 is 24.1 Å². The van der Waals surface area contributed by atoms with Crippen LogP contribution in [-0.2, 0) is 28.6 Å². The summed E-state index contributed by atoms with van der Waals surface area (Å²) in [6, 6.07) is 8.97. The Morgan fingerprint density at radius 1 is 1.05 bits per heavy atom. The molecule has 0 radical (unpaired) electrons. The molecule has 10 heteroatoms. The van der Waals surface area contributed by atoms with E-state index in [1.807, 2.05) is 52.0 Å². The largest absolute Gasteiger partial charge is 0.493 e. The molecule has 2 heterocycles. The van der Waals surface area contributed by atoms with Gasteiger partial charge in [0.05, 0.1) is 45.9 Å². The Morgan fingerprint density at radius 3 is 2.45 bits per heavy atom. The zero-order valence-corrected chi connectivity index (χ0v) is 24.1. The maximum absolute atomic E-state index is 14.3. The fraction of sp³-hybridized carbons (Fsp3) is 0.500. The average molecular weight is 556 g/mol. The van der Waals surface area contributed by atoms with Crippen LogP contribution in [0.25, 0.3) is 0 Å². The summed E-state index contributed by atoms with van der Waals surface area (Å²) in [5, 5.41) is 0. The monoisotopic (exact) mass is 555 g/mol. The summed E-state index contributed by atoms with van der Waals surface area (Å²) in [6.45, 7) is 8.19. The molecule has 0 spiro atoms. The van der Waals surface area contributed by atoms with Gasteiger partial charge in [-0.2, -0.15) is 0 Å². The highest BCUT2D eigenvalue weighted by Crippen LogP contribution is 2.51. The molecule has 2 aliphatic heterocycles. The molecule has 0 aromatic heterocycles. The van der Waals surface area contributed by atoms with Crippen molar-refractivity contribution in [3.05, 3.63) is 47.0 Å². The number of benzene rings is 2. The minimum absolute atomic E-state index is 0.0883. The first-order valence-corrected chi connectivity index (χ1v) is 13.2. The van der Waals surface area contributed by atoms with E-state index in [0.29, 0.717) is 34.1 Å². The van der Waals surface area contributed by atoms with E-state index >= 15 is 0 Å². The number of esters is 2. The lowest BCUT2D eigenvalue weighted by atomic mass is 9.84. The van der Waals surface area contributed by atoms with Gasteiger partial charge in [0.1, 0.15) is 31.2 Å². The second-order valence-corrected chi connectivity index (χ2v) is 10.9. The number of para-hydroxylation sites is 1. The minimum Gasteiger partial charge on any atom is -0.493 e. The number of carbonyl (C=O) groups excluding carboxylic acids is 3. The summed E-state index contributed by atoms with van der Waals surface area (Å²) in [4.78, 5) is 40.4. The number of nitrogens with zero attached hydrogens (tertiary/aromatic N) is 1. The predicted octanol–water partition coefficient (Wildman–Crippen LogP) is 4.14. The van der Waals surface area contributed by atoms with Crippen molar-refractivity contribution >= 4 is 23.5 Å². The zero-order chi connectivity index (χ0) is 29.2. The van der Waals surface area contributed by atoms with E-state index in [1.165, 1.54) is 14.2 Å². The second-order valence-electron chi connectivity index (χ2n) is 10.9. The Balaban J connectivity index is 1.85. The molecule has 4 rings (SSSR count). The number of rotatable bonds is 8. The Kier molecular flexibility index (Phi) is 8.58. The quantitative estimate of drug-likeness (QED) is 0.444. The Morgan fingerprint density at radius 2 is 1.80 bits per heavy atom. The lowest BCUT2D eigenvalue weighted by Gasteiger charge is -2.44. The van der Waals surface area contributed by atoms with Crippen molar-refractivity contribution < 1.29 is 42.8 Å². The van der Waals surface area contributed by atoms with Crippen molar-refractivity contribution in [2.45, 2.75) is 58.8 Å². The third kappa shape index (κ3) is 5.72. The summed E-state index contributed by atoms with van der Waals surface area (Å²) in [5.41, 5.74) is 2.52. The maximum atomic E-state index is 14.3. The van der Waals surface area contributed by atoms with Gasteiger partial charge in [0, 0.05) is 11.1 Å². The van der Waals surface area contributed by atoms with Crippen molar-refractivity contribution in [2.75, 3.05) is 39.4 Å². The SMILES string of the molecule is COC(=O)CCOC(=O)CC1OC(c2cccc(OC)c2OC)c2cc(C)cc3c2N(C1=O)C(C(C)(C)C)CO3. The van der Waals surface area contributed by atoms with Crippen molar-refractivity contribution in [3.8, 4) is 17.2 Å². The minimum atomic E-state index is -1.19. The standard InChI is InChI=1S/C30H37NO9/c1-17-13-19-26-21(14-17)39-16-23(30(2,3)4)31(26)29(34)22(15-25(33)38-12-11-24(32)36-6)40-27(19)18-9-8-10-20(35-5)28(18)37-7/h8-10,13-14,22-23,27H,11-12,15-16H2,1-7H3. The van der Waals surface area contributed by atoms with Crippen LogP contribution in [0.2, 0.25) is 0 Å². The fourth-order valence-electron chi connectivity index (χ4n) is 5.15. The van der Waals surface area contributed by atoms with Crippen LogP contribution in [0.1, 0.15) is 56.4 Å². The van der Waals surface area contributed by atoms with Crippen LogP contribution in [0.5, 0.6) is 17.2 Å². The van der Waals surface area contributed by atoms with Gasteiger partial charge in [0.15, 0.2) is 11.5 Å². The Labute approximate surface area is 234 Å². The highest BCUT2D eigenvalue weighted by atomic mass is 16.6. The summed E-state index contributed by atoms with van der Waals surface area (Å²) in [7, 11) is 4.34. The molecule has 0 saturated carbocycles. The molecule has 216 valence electrons. The first kappa shape index (κ1) is 29.2. The predicted molar refractivity (Wildman–Crippen MR) is 146 cm³/mol. The van der Waals surface area contributed by atoms with Crippen molar-refractivity contribution in [3.63, 3.8) is 0 Å². The van der Waals surface area contributed by atoms with E-state index in [1.54, 1.807) is 18.1 Å². The van der Waals surface area contributed by atoms with Crippen LogP contribution in [0.3, 0.4) is 0 Å². The van der Waals surface area contributed by atoms with E-state index in [0.717, 1.165) is 5.56 Å². The maximum Gasteiger partial charge on any atom is 0.308 e. The van der Waals surface area contributed by atoms with Gasteiger partial charge < -0.3 is 28.4 Å². The number of carbonyl (C=O) groups is 3. The van der Waals surface area contributed by atoms with Gasteiger partial charge in [-0.15, -0.1) is 0 Å². The van der Waals surface area contributed by atoms with E-state index in [4.69, 9.17) is 23.7 Å². The fourth-order valence-corrected chi connectivity index (χ4v) is 5.15. The molecule has 2 aromatic carbocycles. The Hall–Kier alpha value is -3.79. The molecular weight excluding hydrogens is 518 g/mol. The van der Waals surface area contributed by atoms with Gasteiger partial charge >= 0.3 is 11.9 Å². The summed E-state index contributed by atoms with van der Waals surface area (Å²) in [5.74, 6) is -0.0136. The van der Waals surface area contributed by atoms with Crippen molar-refractivity contribution in [1.82, 2.24) is 0 Å². The topological polar surface area (TPSA) is 110 Å². The highest BCUT2D eigenvalue weighted by Gasteiger charge is 2.48. The first-order chi connectivity index (χ1) is 19.0. The number of methoxy groups -OCH3 is 3. The molecule has 1 amide bonds. The van der Waals surface area contributed by atoms with Crippen LogP contribution < -0.4 is 19.1 Å². The molecule has 3 unspecified atom stereocenters. The smallest absolute Gasteiger partial charge is 0.308 e. The van der Waals surface area contributed by atoms with Gasteiger partial charge in [0.2, 0.25) is 0 Å². The Bertz CT molecular complexity index is 1280. The molecule has 3 atom stereocenters. The zero-order valence-electron chi connectivity index (χ0n) is 24.1. The summed E-state index contributed by atoms with van der Waals surface area (Å²) < 4.78 is 33.9. The van der Waals surface area contributed by atoms with Gasteiger partial charge in [-0.3, -0.25) is 19.3 Å². The van der Waals surface area contributed by atoms with Crippen LogP contribution >= 0.6 is 0 Å².